The second-order valence-corrected chi connectivity index (χ2v) is 11.0. The lowest BCUT2D eigenvalue weighted by molar-refractivity contribution is 0.0116. The van der Waals surface area contributed by atoms with Crippen molar-refractivity contribution in [3.8, 4) is 5.75 Å². The van der Waals surface area contributed by atoms with Crippen molar-refractivity contribution in [3.63, 3.8) is 0 Å². The first kappa shape index (κ1) is 27.0. The van der Waals surface area contributed by atoms with E-state index >= 15 is 0 Å². The first-order valence-electron chi connectivity index (χ1n) is 11.9. The van der Waals surface area contributed by atoms with Crippen molar-refractivity contribution in [2.45, 2.75) is 44.7 Å². The number of carbonyl (C=O) groups is 1. The van der Waals surface area contributed by atoms with E-state index in [-0.39, 0.29) is 28.9 Å². The zero-order valence-corrected chi connectivity index (χ0v) is 22.3. The van der Waals surface area contributed by atoms with E-state index in [2.05, 4.69) is 30.4 Å². The Morgan fingerprint density at radius 3 is 2.43 bits per heavy atom. The third kappa shape index (κ3) is 6.54. The summed E-state index contributed by atoms with van der Waals surface area (Å²) < 4.78 is 40.2. The minimum Gasteiger partial charge on any atom is -0.491 e. The van der Waals surface area contributed by atoms with E-state index in [0.717, 1.165) is 18.7 Å². The highest BCUT2D eigenvalue weighted by molar-refractivity contribution is 7.92. The van der Waals surface area contributed by atoms with Crippen LogP contribution in [0.2, 0.25) is 0 Å². The summed E-state index contributed by atoms with van der Waals surface area (Å²) in [6, 6.07) is 11.5. The molecule has 0 aliphatic carbocycles. The summed E-state index contributed by atoms with van der Waals surface area (Å²) in [4.78, 5) is 17.5. The van der Waals surface area contributed by atoms with Gasteiger partial charge in [-0.3, -0.25) is 14.4 Å². The predicted octanol–water partition coefficient (Wildman–Crippen LogP) is 3.62. The maximum Gasteiger partial charge on any atom is 0.261 e. The van der Waals surface area contributed by atoms with Crippen molar-refractivity contribution in [2.24, 2.45) is 5.92 Å². The van der Waals surface area contributed by atoms with Gasteiger partial charge in [-0.05, 0) is 56.6 Å². The molecular formula is C26H37N3O5S. The first-order chi connectivity index (χ1) is 16.6. The van der Waals surface area contributed by atoms with Gasteiger partial charge in [0.15, 0.2) is 0 Å². The van der Waals surface area contributed by atoms with Gasteiger partial charge < -0.3 is 14.4 Å². The predicted molar refractivity (Wildman–Crippen MR) is 138 cm³/mol. The molecule has 3 rings (SSSR count). The minimum absolute atomic E-state index is 0.125. The summed E-state index contributed by atoms with van der Waals surface area (Å²) in [5, 5.41) is 0. The molecule has 0 bridgehead atoms. The Hall–Kier alpha value is -2.62. The van der Waals surface area contributed by atoms with Gasteiger partial charge >= 0.3 is 0 Å². The number of nitrogens with zero attached hydrogens (tertiary/aromatic N) is 2. The number of methoxy groups -OCH3 is 1. The molecule has 2 aromatic carbocycles. The van der Waals surface area contributed by atoms with Crippen LogP contribution in [0.15, 0.2) is 47.4 Å². The van der Waals surface area contributed by atoms with E-state index in [4.69, 9.17) is 9.47 Å². The fourth-order valence-corrected chi connectivity index (χ4v) is 5.34. The molecule has 1 aliphatic heterocycles. The zero-order chi connectivity index (χ0) is 25.8. The third-order valence-corrected chi connectivity index (χ3v) is 7.96. The monoisotopic (exact) mass is 503 g/mol. The molecule has 192 valence electrons. The van der Waals surface area contributed by atoms with Gasteiger partial charge in [0.05, 0.1) is 16.6 Å². The second-order valence-electron chi connectivity index (χ2n) is 9.31. The first-order valence-corrected chi connectivity index (χ1v) is 13.4. The van der Waals surface area contributed by atoms with Crippen LogP contribution in [0.1, 0.15) is 36.7 Å². The molecule has 0 fully saturated rings. The largest absolute Gasteiger partial charge is 0.491 e. The molecule has 1 aliphatic rings. The summed E-state index contributed by atoms with van der Waals surface area (Å²) in [5.41, 5.74) is 1.56. The number of ether oxygens (including phenoxy) is 2. The molecule has 0 unspecified atom stereocenters. The summed E-state index contributed by atoms with van der Waals surface area (Å²) >= 11 is 0. The van der Waals surface area contributed by atoms with Crippen LogP contribution >= 0.6 is 0 Å². The van der Waals surface area contributed by atoms with Gasteiger partial charge in [0.2, 0.25) is 0 Å². The number of amides is 1. The van der Waals surface area contributed by atoms with Crippen LogP contribution in [-0.2, 0) is 14.8 Å². The number of likely N-dealkylation sites (N-methyl/N-ethyl adjacent to an activating group) is 2. The standard InChI is InChI=1S/C26H37N3O5S/c1-7-29-15-19(3)25(33-6)16-28(5)26(30)23-14-21(10-13-24(23)34-17-20(29)4)27-35(31,32)22-11-8-18(2)9-12-22/h8-14,19-20,25,27H,7,15-17H2,1-6H3/t19-,20-,25-/m1/s1. The van der Waals surface area contributed by atoms with Crippen molar-refractivity contribution in [1.82, 2.24) is 9.80 Å². The molecule has 0 spiro atoms. The fraction of sp³-hybridized carbons (Fsp3) is 0.500. The number of fused-ring (bicyclic) bond motifs is 1. The lowest BCUT2D eigenvalue weighted by Gasteiger charge is -2.35. The lowest BCUT2D eigenvalue weighted by Crippen LogP contribution is -2.46. The molecule has 1 heterocycles. The number of sulfonamides is 1. The molecule has 0 radical (unpaired) electrons. The summed E-state index contributed by atoms with van der Waals surface area (Å²) in [5.74, 6) is 0.362. The number of hydrogen-bond donors (Lipinski definition) is 1. The average molecular weight is 504 g/mol. The number of nitrogens with one attached hydrogen (secondary N) is 1. The van der Waals surface area contributed by atoms with Gasteiger partial charge in [-0.1, -0.05) is 31.5 Å². The highest BCUT2D eigenvalue weighted by Crippen LogP contribution is 2.27. The smallest absolute Gasteiger partial charge is 0.261 e. The molecule has 1 N–H and O–H groups in total. The van der Waals surface area contributed by atoms with Crippen LogP contribution < -0.4 is 9.46 Å². The van der Waals surface area contributed by atoms with Gasteiger partial charge in [0.25, 0.3) is 15.9 Å². The van der Waals surface area contributed by atoms with E-state index in [1.807, 2.05) is 6.92 Å². The second kappa shape index (κ2) is 11.4. The van der Waals surface area contributed by atoms with Crippen LogP contribution in [0.25, 0.3) is 0 Å². The number of benzene rings is 2. The van der Waals surface area contributed by atoms with Crippen molar-refractivity contribution in [2.75, 3.05) is 45.1 Å². The fourth-order valence-electron chi connectivity index (χ4n) is 4.29. The lowest BCUT2D eigenvalue weighted by atomic mass is 10.0. The third-order valence-electron chi connectivity index (χ3n) is 6.56. The number of aryl methyl sites for hydroxylation is 1. The topological polar surface area (TPSA) is 88.2 Å². The molecular weight excluding hydrogens is 466 g/mol. The maximum absolute atomic E-state index is 13.5. The molecule has 3 atom stereocenters. The summed E-state index contributed by atoms with van der Waals surface area (Å²) in [6.07, 6.45) is -0.141. The zero-order valence-electron chi connectivity index (χ0n) is 21.4. The molecule has 8 nitrogen and oxygen atoms in total. The highest BCUT2D eigenvalue weighted by Gasteiger charge is 2.28. The Morgan fingerprint density at radius 2 is 1.80 bits per heavy atom. The Morgan fingerprint density at radius 1 is 1.11 bits per heavy atom. The van der Waals surface area contributed by atoms with Crippen molar-refractivity contribution >= 4 is 21.6 Å². The van der Waals surface area contributed by atoms with Crippen molar-refractivity contribution < 1.29 is 22.7 Å². The number of anilines is 1. The molecule has 9 heteroatoms. The average Bonchev–Trinajstić information content (AvgIpc) is 2.83. The van der Waals surface area contributed by atoms with E-state index < -0.39 is 10.0 Å². The highest BCUT2D eigenvalue weighted by atomic mass is 32.2. The summed E-state index contributed by atoms with van der Waals surface area (Å²) in [6.45, 7) is 10.7. The molecule has 35 heavy (non-hydrogen) atoms. The normalized spacial score (nSPS) is 22.5. The van der Waals surface area contributed by atoms with Gasteiger partial charge in [0, 0.05) is 39.0 Å². The number of hydrogen-bond acceptors (Lipinski definition) is 6. The van der Waals surface area contributed by atoms with Crippen LogP contribution in [0.5, 0.6) is 5.75 Å². The maximum atomic E-state index is 13.5. The SMILES string of the molecule is CCN1C[C@@H](C)[C@H](OC)CN(C)C(=O)c2cc(NS(=O)(=O)c3ccc(C)cc3)ccc2OC[C@H]1C. The number of rotatable bonds is 5. The Labute approximate surface area is 209 Å². The van der Waals surface area contributed by atoms with E-state index in [1.165, 1.54) is 0 Å². The quantitative estimate of drug-likeness (QED) is 0.671. The van der Waals surface area contributed by atoms with Crippen LogP contribution in [0.4, 0.5) is 5.69 Å². The van der Waals surface area contributed by atoms with E-state index in [1.54, 1.807) is 61.5 Å². The van der Waals surface area contributed by atoms with Crippen LogP contribution in [0, 0.1) is 12.8 Å². The molecule has 2 aromatic rings. The molecule has 0 aromatic heterocycles. The van der Waals surface area contributed by atoms with Crippen LogP contribution in [0.3, 0.4) is 0 Å². The van der Waals surface area contributed by atoms with Gasteiger partial charge in [-0.2, -0.15) is 0 Å². The van der Waals surface area contributed by atoms with Gasteiger partial charge in [-0.25, -0.2) is 8.42 Å². The van der Waals surface area contributed by atoms with Crippen molar-refractivity contribution in [1.29, 1.82) is 0 Å². The Bertz CT molecular complexity index is 1120. The van der Waals surface area contributed by atoms with E-state index in [0.29, 0.717) is 30.2 Å². The van der Waals surface area contributed by atoms with E-state index in [9.17, 15) is 13.2 Å². The molecule has 1 amide bonds. The molecule has 0 saturated carbocycles. The molecule has 0 saturated heterocycles. The minimum atomic E-state index is -3.81. The van der Waals surface area contributed by atoms with Crippen LogP contribution in [-0.4, -0.2) is 76.7 Å². The summed E-state index contributed by atoms with van der Waals surface area (Å²) in [7, 11) is -0.421. The van der Waals surface area contributed by atoms with Crippen molar-refractivity contribution in [3.05, 3.63) is 53.6 Å². The number of carbonyl (C=O) groups excluding carboxylic acids is 1. The van der Waals surface area contributed by atoms with Gasteiger partial charge in [-0.15, -0.1) is 0 Å². The Kier molecular flexibility index (Phi) is 8.79. The Balaban J connectivity index is 1.96. The van der Waals surface area contributed by atoms with Gasteiger partial charge in [0.1, 0.15) is 12.4 Å².